The number of primary amides is 1. The minimum atomic E-state index is -0.874. The number of hydrogen-bond donors (Lipinski definition) is 1. The molecule has 1 aliphatic carbocycles. The molecular weight excluding hydrogens is 285 g/mol. The first-order valence-corrected chi connectivity index (χ1v) is 6.93. The Kier molecular flexibility index (Phi) is 3.63. The Hall–Kier alpha value is -1.06. The number of benzene rings is 1. The first kappa shape index (κ1) is 14.4. The molecule has 2 N–H and O–H groups in total. The average Bonchev–Trinajstić information content (AvgIpc) is 2.74. The minimum Gasteiger partial charge on any atom is -0.369 e. The van der Waals surface area contributed by atoms with Crippen LogP contribution in [0.3, 0.4) is 0 Å². The molecule has 0 fully saturated rings. The van der Waals surface area contributed by atoms with E-state index < -0.39 is 11.3 Å². The predicted octanol–water partition coefficient (Wildman–Crippen LogP) is 3.28. The van der Waals surface area contributed by atoms with Gasteiger partial charge in [0.2, 0.25) is 5.91 Å². The van der Waals surface area contributed by atoms with Gasteiger partial charge in [-0.2, -0.15) is 0 Å². The lowest BCUT2D eigenvalue weighted by Gasteiger charge is -2.27. The summed E-state index contributed by atoms with van der Waals surface area (Å²) in [5, 5.41) is 0.511. The van der Waals surface area contributed by atoms with E-state index in [2.05, 4.69) is 0 Å². The standard InChI is InChI=1S/C14H15Cl2NO2/c1-3-14(2,13(17)19)8-6-7-4-5-9(18)10(7)12(16)11(8)15/h6H,3-5H2,1-2H3,(H2,17,19). The fourth-order valence-corrected chi connectivity index (χ4v) is 3.14. The van der Waals surface area contributed by atoms with E-state index in [4.69, 9.17) is 28.9 Å². The molecule has 0 bridgehead atoms. The Morgan fingerprint density at radius 2 is 2.00 bits per heavy atom. The van der Waals surface area contributed by atoms with Crippen LogP contribution in [0.2, 0.25) is 10.0 Å². The van der Waals surface area contributed by atoms with Gasteiger partial charge in [-0.1, -0.05) is 36.2 Å². The highest BCUT2D eigenvalue weighted by atomic mass is 35.5. The zero-order valence-electron chi connectivity index (χ0n) is 10.8. The molecule has 0 saturated heterocycles. The van der Waals surface area contributed by atoms with Crippen molar-refractivity contribution >= 4 is 34.9 Å². The van der Waals surface area contributed by atoms with Gasteiger partial charge < -0.3 is 5.73 Å². The number of carbonyl (C=O) groups is 2. The molecule has 0 aromatic heterocycles. The van der Waals surface area contributed by atoms with Crippen molar-refractivity contribution in [2.45, 2.75) is 38.5 Å². The number of halogens is 2. The largest absolute Gasteiger partial charge is 0.369 e. The molecule has 0 radical (unpaired) electrons. The third-order valence-corrected chi connectivity index (χ3v) is 4.90. The third-order valence-electron chi connectivity index (χ3n) is 4.03. The quantitative estimate of drug-likeness (QED) is 0.931. The molecule has 0 spiro atoms. The fourth-order valence-electron chi connectivity index (χ4n) is 2.45. The van der Waals surface area contributed by atoms with Gasteiger partial charge in [-0.15, -0.1) is 0 Å². The Morgan fingerprint density at radius 3 is 2.53 bits per heavy atom. The summed E-state index contributed by atoms with van der Waals surface area (Å²) >= 11 is 12.5. The molecule has 1 amide bonds. The predicted molar refractivity (Wildman–Crippen MR) is 76.0 cm³/mol. The monoisotopic (exact) mass is 299 g/mol. The van der Waals surface area contributed by atoms with Crippen molar-refractivity contribution in [1.29, 1.82) is 0 Å². The molecule has 1 atom stereocenters. The number of carbonyl (C=O) groups excluding carboxylic acids is 2. The number of rotatable bonds is 3. The summed E-state index contributed by atoms with van der Waals surface area (Å²) in [7, 11) is 0. The maximum Gasteiger partial charge on any atom is 0.227 e. The number of hydrogen-bond acceptors (Lipinski definition) is 2. The average molecular weight is 300 g/mol. The lowest BCUT2D eigenvalue weighted by molar-refractivity contribution is -0.123. The van der Waals surface area contributed by atoms with Crippen LogP contribution in [-0.2, 0) is 16.6 Å². The van der Waals surface area contributed by atoms with Crippen molar-refractivity contribution in [3.05, 3.63) is 32.8 Å². The highest BCUT2D eigenvalue weighted by Crippen LogP contribution is 2.42. The van der Waals surface area contributed by atoms with Gasteiger partial charge >= 0.3 is 0 Å². The summed E-state index contributed by atoms with van der Waals surface area (Å²) in [4.78, 5) is 23.5. The molecule has 1 aromatic rings. The van der Waals surface area contributed by atoms with Crippen LogP contribution in [0.25, 0.3) is 0 Å². The van der Waals surface area contributed by atoms with Gasteiger partial charge in [-0.05, 0) is 30.9 Å². The second-order valence-corrected chi connectivity index (χ2v) is 5.82. The lowest BCUT2D eigenvalue weighted by Crippen LogP contribution is -2.38. The van der Waals surface area contributed by atoms with Gasteiger partial charge in [-0.3, -0.25) is 9.59 Å². The summed E-state index contributed by atoms with van der Waals surface area (Å²) in [5.41, 5.74) is 6.59. The Labute approximate surface area is 122 Å². The van der Waals surface area contributed by atoms with E-state index >= 15 is 0 Å². The van der Waals surface area contributed by atoms with Gasteiger partial charge in [0.05, 0.1) is 15.5 Å². The van der Waals surface area contributed by atoms with E-state index in [-0.39, 0.29) is 15.8 Å². The van der Waals surface area contributed by atoms with Crippen LogP contribution in [0.1, 0.15) is 48.2 Å². The first-order chi connectivity index (χ1) is 8.82. The first-order valence-electron chi connectivity index (χ1n) is 6.17. The number of aryl methyl sites for hydroxylation is 1. The molecule has 0 heterocycles. The zero-order chi connectivity index (χ0) is 14.4. The molecule has 102 valence electrons. The number of Topliss-reactive ketones (excluding diaryl/α,β-unsaturated/α-hetero) is 1. The van der Waals surface area contributed by atoms with Crippen molar-refractivity contribution in [2.75, 3.05) is 0 Å². The van der Waals surface area contributed by atoms with Crippen LogP contribution in [0.4, 0.5) is 0 Å². The molecule has 0 saturated carbocycles. The summed E-state index contributed by atoms with van der Waals surface area (Å²) in [5.74, 6) is -0.442. The summed E-state index contributed by atoms with van der Waals surface area (Å²) in [6.45, 7) is 3.61. The summed E-state index contributed by atoms with van der Waals surface area (Å²) in [6, 6.07) is 1.81. The SMILES string of the molecule is CCC(C)(C(N)=O)c1cc2c(c(Cl)c1Cl)C(=O)CC2. The highest BCUT2D eigenvalue weighted by Gasteiger charge is 2.36. The van der Waals surface area contributed by atoms with E-state index in [9.17, 15) is 9.59 Å². The van der Waals surface area contributed by atoms with Gasteiger partial charge in [0, 0.05) is 12.0 Å². The molecule has 1 unspecified atom stereocenters. The highest BCUT2D eigenvalue weighted by molar-refractivity contribution is 6.45. The molecule has 19 heavy (non-hydrogen) atoms. The van der Waals surface area contributed by atoms with Gasteiger partial charge in [0.15, 0.2) is 5.78 Å². The molecule has 2 rings (SSSR count). The maximum atomic E-state index is 11.8. The Morgan fingerprint density at radius 1 is 1.37 bits per heavy atom. The van der Waals surface area contributed by atoms with E-state index in [1.807, 2.05) is 13.0 Å². The van der Waals surface area contributed by atoms with Crippen LogP contribution in [0, 0.1) is 0 Å². The molecular formula is C14H15Cl2NO2. The third kappa shape index (κ3) is 2.05. The number of fused-ring (bicyclic) bond motifs is 1. The van der Waals surface area contributed by atoms with E-state index in [1.165, 1.54) is 0 Å². The Balaban J connectivity index is 2.71. The zero-order valence-corrected chi connectivity index (χ0v) is 12.4. The van der Waals surface area contributed by atoms with Crippen LogP contribution in [0.5, 0.6) is 0 Å². The van der Waals surface area contributed by atoms with Crippen molar-refractivity contribution in [3.8, 4) is 0 Å². The van der Waals surface area contributed by atoms with Crippen LogP contribution < -0.4 is 5.73 Å². The molecule has 5 heteroatoms. The molecule has 1 aromatic carbocycles. The van der Waals surface area contributed by atoms with E-state index in [0.717, 1.165) is 5.56 Å². The second kappa shape index (κ2) is 4.80. The van der Waals surface area contributed by atoms with Crippen LogP contribution >= 0.6 is 23.2 Å². The summed E-state index contributed by atoms with van der Waals surface area (Å²) < 4.78 is 0. The topological polar surface area (TPSA) is 60.2 Å². The normalized spacial score (nSPS) is 17.2. The minimum absolute atomic E-state index is 0.00530. The summed E-state index contributed by atoms with van der Waals surface area (Å²) in [6.07, 6.45) is 1.59. The number of nitrogens with two attached hydrogens (primary N) is 1. The molecule has 1 aliphatic rings. The van der Waals surface area contributed by atoms with Gasteiger partial charge in [0.1, 0.15) is 0 Å². The lowest BCUT2D eigenvalue weighted by atomic mass is 9.78. The van der Waals surface area contributed by atoms with Gasteiger partial charge in [0.25, 0.3) is 0 Å². The number of ketones is 1. The van der Waals surface area contributed by atoms with Crippen LogP contribution in [0.15, 0.2) is 6.07 Å². The van der Waals surface area contributed by atoms with E-state index in [0.29, 0.717) is 30.4 Å². The number of amides is 1. The van der Waals surface area contributed by atoms with Crippen molar-refractivity contribution in [1.82, 2.24) is 0 Å². The Bertz CT molecular complexity index is 583. The second-order valence-electron chi connectivity index (χ2n) is 5.06. The van der Waals surface area contributed by atoms with Gasteiger partial charge in [-0.25, -0.2) is 0 Å². The fraction of sp³-hybridized carbons (Fsp3) is 0.429. The van der Waals surface area contributed by atoms with Crippen LogP contribution in [-0.4, -0.2) is 11.7 Å². The molecule has 3 nitrogen and oxygen atoms in total. The molecule has 0 aliphatic heterocycles. The van der Waals surface area contributed by atoms with E-state index in [1.54, 1.807) is 6.92 Å². The smallest absolute Gasteiger partial charge is 0.227 e. The maximum absolute atomic E-state index is 11.8. The van der Waals surface area contributed by atoms with Crippen molar-refractivity contribution in [2.24, 2.45) is 5.73 Å². The van der Waals surface area contributed by atoms with Crippen molar-refractivity contribution < 1.29 is 9.59 Å². The van der Waals surface area contributed by atoms with Crippen molar-refractivity contribution in [3.63, 3.8) is 0 Å².